The molecule has 0 saturated carbocycles. The zero-order valence-electron chi connectivity index (χ0n) is 14.7. The maximum absolute atomic E-state index is 11.3. The maximum atomic E-state index is 11.3. The van der Waals surface area contributed by atoms with Gasteiger partial charge in [0.15, 0.2) is 0 Å². The van der Waals surface area contributed by atoms with Gasteiger partial charge in [0.2, 0.25) is 5.91 Å². The fourth-order valence-electron chi connectivity index (χ4n) is 3.48. The van der Waals surface area contributed by atoms with E-state index < -0.39 is 0 Å². The Kier molecular flexibility index (Phi) is 4.40. The predicted molar refractivity (Wildman–Crippen MR) is 105 cm³/mol. The third kappa shape index (κ3) is 3.18. The van der Waals surface area contributed by atoms with Crippen LogP contribution in [0.25, 0.3) is 22.5 Å². The molecule has 0 fully saturated rings. The van der Waals surface area contributed by atoms with Crippen LogP contribution in [0.5, 0.6) is 0 Å². The number of allylic oxidation sites excluding steroid dienone is 2. The van der Waals surface area contributed by atoms with Crippen molar-refractivity contribution in [3.63, 3.8) is 0 Å². The lowest BCUT2D eigenvalue weighted by Crippen LogP contribution is -2.07. The Bertz CT molecular complexity index is 931. The third-order valence-electron chi connectivity index (χ3n) is 4.70. The molecule has 1 aliphatic rings. The van der Waals surface area contributed by atoms with Crippen molar-refractivity contribution in [1.29, 1.82) is 0 Å². The van der Waals surface area contributed by atoms with Crippen LogP contribution < -0.4 is 5.32 Å². The van der Waals surface area contributed by atoms with Crippen LogP contribution in [0.3, 0.4) is 0 Å². The van der Waals surface area contributed by atoms with Crippen molar-refractivity contribution in [2.24, 2.45) is 0 Å². The highest BCUT2D eigenvalue weighted by atomic mass is 16.1. The van der Waals surface area contributed by atoms with Crippen LogP contribution in [0.1, 0.15) is 25.8 Å². The van der Waals surface area contributed by atoms with Crippen molar-refractivity contribution in [3.05, 3.63) is 73.1 Å². The molecular weight excluding hydrogens is 322 g/mol. The van der Waals surface area contributed by atoms with Crippen LogP contribution in [0.2, 0.25) is 0 Å². The summed E-state index contributed by atoms with van der Waals surface area (Å²) < 4.78 is 2.29. The summed E-state index contributed by atoms with van der Waals surface area (Å²) in [6.07, 6.45) is 8.48. The van der Waals surface area contributed by atoms with E-state index in [1.807, 2.05) is 48.8 Å². The molecule has 0 aliphatic heterocycles. The molecule has 130 valence electrons. The average molecular weight is 343 g/mol. The Morgan fingerprint density at radius 3 is 2.35 bits per heavy atom. The monoisotopic (exact) mass is 343 g/mol. The number of rotatable bonds is 4. The first-order valence-electron chi connectivity index (χ1n) is 8.87. The third-order valence-corrected chi connectivity index (χ3v) is 4.70. The molecule has 1 N–H and O–H groups in total. The largest absolute Gasteiger partial charge is 0.326 e. The molecule has 1 amide bonds. The van der Waals surface area contributed by atoms with E-state index in [9.17, 15) is 4.79 Å². The van der Waals surface area contributed by atoms with Crippen LogP contribution in [-0.2, 0) is 4.79 Å². The van der Waals surface area contributed by atoms with Crippen molar-refractivity contribution in [2.45, 2.75) is 25.8 Å². The fraction of sp³-hybridized carbons (Fsp3) is 0.182. The van der Waals surface area contributed by atoms with E-state index in [0.29, 0.717) is 6.04 Å². The Labute approximate surface area is 153 Å². The van der Waals surface area contributed by atoms with Crippen LogP contribution >= 0.6 is 0 Å². The number of nitrogens with one attached hydrogen (secondary N) is 1. The van der Waals surface area contributed by atoms with E-state index in [0.717, 1.165) is 41.0 Å². The van der Waals surface area contributed by atoms with Crippen molar-refractivity contribution in [1.82, 2.24) is 9.55 Å². The fourth-order valence-corrected chi connectivity index (χ4v) is 3.48. The molecule has 0 radical (unpaired) electrons. The molecule has 1 heterocycles. The molecular formula is C22H21N3O. The smallest absolute Gasteiger partial charge is 0.221 e. The van der Waals surface area contributed by atoms with Gasteiger partial charge in [0.05, 0.1) is 17.7 Å². The van der Waals surface area contributed by atoms with Crippen molar-refractivity contribution < 1.29 is 4.79 Å². The number of imidazole rings is 1. The normalized spacial score (nSPS) is 13.9. The second kappa shape index (κ2) is 7.00. The minimum absolute atomic E-state index is 0.0650. The molecule has 4 heteroatoms. The molecule has 1 aliphatic carbocycles. The van der Waals surface area contributed by atoms with Gasteiger partial charge in [0.1, 0.15) is 0 Å². The van der Waals surface area contributed by atoms with Gasteiger partial charge in [-0.15, -0.1) is 0 Å². The van der Waals surface area contributed by atoms with E-state index in [1.54, 1.807) is 0 Å². The number of benzene rings is 2. The lowest BCUT2D eigenvalue weighted by atomic mass is 10.0. The van der Waals surface area contributed by atoms with E-state index in [2.05, 4.69) is 34.2 Å². The summed E-state index contributed by atoms with van der Waals surface area (Å²) in [6.45, 7) is 1.52. The van der Waals surface area contributed by atoms with E-state index in [4.69, 9.17) is 4.98 Å². The second-order valence-corrected chi connectivity index (χ2v) is 6.57. The van der Waals surface area contributed by atoms with Crippen LogP contribution in [-0.4, -0.2) is 15.5 Å². The number of anilines is 1. The highest BCUT2D eigenvalue weighted by Gasteiger charge is 2.21. The van der Waals surface area contributed by atoms with Gasteiger partial charge in [-0.25, -0.2) is 4.98 Å². The summed E-state index contributed by atoms with van der Waals surface area (Å²) in [6, 6.07) is 18.7. The molecule has 2 aromatic carbocycles. The number of hydrogen-bond acceptors (Lipinski definition) is 2. The Morgan fingerprint density at radius 2 is 1.69 bits per heavy atom. The minimum atomic E-state index is -0.0650. The molecule has 26 heavy (non-hydrogen) atoms. The number of carbonyl (C=O) groups excluding carboxylic acids is 1. The lowest BCUT2D eigenvalue weighted by Gasteiger charge is -2.17. The molecule has 4 rings (SSSR count). The van der Waals surface area contributed by atoms with E-state index >= 15 is 0 Å². The van der Waals surface area contributed by atoms with E-state index in [-0.39, 0.29) is 5.91 Å². The number of amides is 1. The van der Waals surface area contributed by atoms with Gasteiger partial charge in [-0.1, -0.05) is 54.6 Å². The Balaban J connectivity index is 1.79. The first-order valence-corrected chi connectivity index (χ1v) is 8.87. The number of hydrogen-bond donors (Lipinski definition) is 1. The van der Waals surface area contributed by atoms with Crippen molar-refractivity contribution in [2.75, 3.05) is 5.32 Å². The molecule has 1 aromatic heterocycles. The van der Waals surface area contributed by atoms with Gasteiger partial charge in [-0.2, -0.15) is 0 Å². The molecule has 4 nitrogen and oxygen atoms in total. The zero-order valence-corrected chi connectivity index (χ0v) is 14.7. The quantitative estimate of drug-likeness (QED) is 0.673. The molecule has 0 unspecified atom stereocenters. The summed E-state index contributed by atoms with van der Waals surface area (Å²) in [5, 5.41) is 2.82. The average Bonchev–Trinajstić information content (AvgIpc) is 3.32. The SMILES string of the molecule is CC(=O)Nc1ccc(-c2c(-c3ccccc3)ncn2C2CC=CC2)cc1. The van der Waals surface area contributed by atoms with Crippen molar-refractivity contribution >= 4 is 11.6 Å². The minimum Gasteiger partial charge on any atom is -0.326 e. The van der Waals surface area contributed by atoms with Crippen LogP contribution in [0.15, 0.2) is 73.1 Å². The van der Waals surface area contributed by atoms with Crippen molar-refractivity contribution in [3.8, 4) is 22.5 Å². The molecule has 0 bridgehead atoms. The van der Waals surface area contributed by atoms with Gasteiger partial charge in [-0.05, 0) is 25.0 Å². The molecule has 0 saturated heterocycles. The van der Waals surface area contributed by atoms with Gasteiger partial charge in [-0.3, -0.25) is 4.79 Å². The zero-order chi connectivity index (χ0) is 17.9. The van der Waals surface area contributed by atoms with Gasteiger partial charge >= 0.3 is 0 Å². The Hall–Kier alpha value is -3.14. The Morgan fingerprint density at radius 1 is 1.00 bits per heavy atom. The first-order chi connectivity index (χ1) is 12.7. The lowest BCUT2D eigenvalue weighted by molar-refractivity contribution is -0.114. The highest BCUT2D eigenvalue weighted by molar-refractivity contribution is 5.89. The van der Waals surface area contributed by atoms with Crippen LogP contribution in [0.4, 0.5) is 5.69 Å². The van der Waals surface area contributed by atoms with Gasteiger partial charge in [0, 0.05) is 29.8 Å². The predicted octanol–water partition coefficient (Wildman–Crippen LogP) is 5.07. The van der Waals surface area contributed by atoms with Crippen LogP contribution in [0, 0.1) is 0 Å². The second-order valence-electron chi connectivity index (χ2n) is 6.57. The number of carbonyl (C=O) groups is 1. The number of nitrogens with zero attached hydrogens (tertiary/aromatic N) is 2. The summed E-state index contributed by atoms with van der Waals surface area (Å²) in [7, 11) is 0. The molecule has 0 atom stereocenters. The summed E-state index contributed by atoms with van der Waals surface area (Å²) >= 11 is 0. The molecule has 0 spiro atoms. The highest BCUT2D eigenvalue weighted by Crippen LogP contribution is 2.36. The summed E-state index contributed by atoms with van der Waals surface area (Å²) in [4.78, 5) is 16.0. The number of aromatic nitrogens is 2. The van der Waals surface area contributed by atoms with Gasteiger partial charge in [0.25, 0.3) is 0 Å². The maximum Gasteiger partial charge on any atom is 0.221 e. The van der Waals surface area contributed by atoms with Gasteiger partial charge < -0.3 is 9.88 Å². The van der Waals surface area contributed by atoms with E-state index in [1.165, 1.54) is 6.92 Å². The topological polar surface area (TPSA) is 46.9 Å². The first kappa shape index (κ1) is 16.3. The summed E-state index contributed by atoms with van der Waals surface area (Å²) in [5.41, 5.74) is 5.13. The standard InChI is InChI=1S/C22H21N3O/c1-16(26)24-19-13-11-18(12-14-19)22-21(17-7-3-2-4-8-17)23-15-25(22)20-9-5-6-10-20/h2-8,11-15,20H,9-10H2,1H3,(H,24,26). The summed E-state index contributed by atoms with van der Waals surface area (Å²) in [5.74, 6) is -0.0650. The molecule has 3 aromatic rings.